The summed E-state index contributed by atoms with van der Waals surface area (Å²) in [6, 6.07) is 2.81. The first kappa shape index (κ1) is 15.2. The molecule has 0 bridgehead atoms. The van der Waals surface area contributed by atoms with E-state index in [0.717, 1.165) is 11.5 Å². The third-order valence-electron chi connectivity index (χ3n) is 2.32. The van der Waals surface area contributed by atoms with Gasteiger partial charge in [0.25, 0.3) is 5.91 Å². The molecule has 5 nitrogen and oxygen atoms in total. The molecule has 1 aromatic heterocycles. The molecule has 0 aliphatic carbocycles. The lowest BCUT2D eigenvalue weighted by Crippen LogP contribution is -2.27. The van der Waals surface area contributed by atoms with Gasteiger partial charge in [-0.3, -0.25) is 4.79 Å². The average molecular weight is 280 g/mol. The molecule has 0 atom stereocenters. The van der Waals surface area contributed by atoms with Crippen molar-refractivity contribution in [2.75, 3.05) is 18.1 Å². The van der Waals surface area contributed by atoms with Gasteiger partial charge in [0.1, 0.15) is 5.69 Å². The molecule has 2 N–H and O–H groups in total. The molecule has 6 heteroatoms. The number of nitrogens with zero attached hydrogens (tertiary/aromatic N) is 1. The molecule has 0 aliphatic heterocycles. The van der Waals surface area contributed by atoms with Gasteiger partial charge in [0, 0.05) is 18.1 Å². The fourth-order valence-electron chi connectivity index (χ4n) is 1.41. The Labute approximate surface area is 116 Å². The van der Waals surface area contributed by atoms with Gasteiger partial charge in [-0.1, -0.05) is 6.08 Å². The van der Waals surface area contributed by atoms with Gasteiger partial charge in [-0.15, -0.1) is 6.58 Å². The Morgan fingerprint density at radius 2 is 2.26 bits per heavy atom. The minimum atomic E-state index is -1.04. The number of carboxylic acid groups (broad SMARTS) is 1. The summed E-state index contributed by atoms with van der Waals surface area (Å²) in [4.78, 5) is 26.6. The number of rotatable bonds is 7. The number of carbonyl (C=O) groups is 2. The Morgan fingerprint density at radius 1 is 1.53 bits per heavy atom. The molecule has 0 saturated heterocycles. The van der Waals surface area contributed by atoms with E-state index in [0.29, 0.717) is 12.2 Å². The molecule has 0 aliphatic rings. The van der Waals surface area contributed by atoms with Crippen LogP contribution >= 0.6 is 11.8 Å². The van der Waals surface area contributed by atoms with Crippen LogP contribution in [0.3, 0.4) is 0 Å². The van der Waals surface area contributed by atoms with E-state index in [9.17, 15) is 9.59 Å². The molecule has 1 amide bonds. The molecule has 19 heavy (non-hydrogen) atoms. The lowest BCUT2D eigenvalue weighted by Gasteiger charge is -2.06. The van der Waals surface area contributed by atoms with Gasteiger partial charge < -0.3 is 10.4 Å². The first-order valence-electron chi connectivity index (χ1n) is 5.74. The first-order valence-corrected chi connectivity index (χ1v) is 6.89. The fourth-order valence-corrected chi connectivity index (χ4v) is 1.99. The minimum absolute atomic E-state index is 0.109. The molecule has 0 unspecified atom stereocenters. The van der Waals surface area contributed by atoms with E-state index in [1.807, 2.05) is 6.08 Å². The van der Waals surface area contributed by atoms with Gasteiger partial charge in [-0.05, 0) is 19.1 Å². The van der Waals surface area contributed by atoms with Gasteiger partial charge in [-0.25, -0.2) is 9.78 Å². The number of amides is 1. The molecular formula is C13H16N2O3S. The molecule has 102 valence electrons. The zero-order valence-corrected chi connectivity index (χ0v) is 11.5. The fraction of sp³-hybridized carbons (Fsp3) is 0.308. The second-order valence-corrected chi connectivity index (χ2v) is 4.90. The van der Waals surface area contributed by atoms with Crippen molar-refractivity contribution in [2.24, 2.45) is 0 Å². The van der Waals surface area contributed by atoms with Crippen molar-refractivity contribution in [3.05, 3.63) is 41.7 Å². The average Bonchev–Trinajstić information content (AvgIpc) is 2.37. The van der Waals surface area contributed by atoms with Crippen LogP contribution in [0, 0.1) is 6.92 Å². The lowest BCUT2D eigenvalue weighted by atomic mass is 10.2. The molecule has 0 saturated carbocycles. The zero-order valence-electron chi connectivity index (χ0n) is 10.7. The van der Waals surface area contributed by atoms with E-state index in [4.69, 9.17) is 5.11 Å². The number of hydrogen-bond donors (Lipinski definition) is 2. The van der Waals surface area contributed by atoms with Crippen molar-refractivity contribution in [3.63, 3.8) is 0 Å². The Kier molecular flexibility index (Phi) is 6.08. The van der Waals surface area contributed by atoms with Crippen LogP contribution in [0.25, 0.3) is 0 Å². The number of aromatic nitrogens is 1. The van der Waals surface area contributed by atoms with Crippen LogP contribution in [0.1, 0.15) is 26.5 Å². The second-order valence-electron chi connectivity index (χ2n) is 3.75. The molecule has 0 fully saturated rings. The van der Waals surface area contributed by atoms with Crippen LogP contribution in [0.5, 0.6) is 0 Å². The summed E-state index contributed by atoms with van der Waals surface area (Å²) in [6.45, 7) is 5.72. The van der Waals surface area contributed by atoms with Crippen LogP contribution in [0.15, 0.2) is 24.8 Å². The van der Waals surface area contributed by atoms with Crippen molar-refractivity contribution in [2.45, 2.75) is 6.92 Å². The number of nitrogens with one attached hydrogen (secondary N) is 1. The normalized spacial score (nSPS) is 9.95. The molecular weight excluding hydrogens is 264 g/mol. The van der Waals surface area contributed by atoms with E-state index in [-0.39, 0.29) is 17.2 Å². The number of carbonyl (C=O) groups excluding carboxylic acids is 1. The molecule has 0 radical (unpaired) electrons. The van der Waals surface area contributed by atoms with E-state index in [1.54, 1.807) is 18.7 Å². The number of aryl methyl sites for hydroxylation is 1. The van der Waals surface area contributed by atoms with E-state index >= 15 is 0 Å². The van der Waals surface area contributed by atoms with Crippen molar-refractivity contribution < 1.29 is 14.7 Å². The smallest absolute Gasteiger partial charge is 0.337 e. The maximum Gasteiger partial charge on any atom is 0.337 e. The highest BCUT2D eigenvalue weighted by Gasteiger charge is 2.12. The molecule has 1 aromatic rings. The van der Waals surface area contributed by atoms with Crippen molar-refractivity contribution in [1.29, 1.82) is 0 Å². The Bertz CT molecular complexity index is 489. The number of pyridine rings is 1. The predicted octanol–water partition coefficient (Wildman–Crippen LogP) is 1.74. The summed E-state index contributed by atoms with van der Waals surface area (Å²) < 4.78 is 0. The number of hydrogen-bond acceptors (Lipinski definition) is 4. The van der Waals surface area contributed by atoms with Crippen LogP contribution in [-0.4, -0.2) is 40.0 Å². The van der Waals surface area contributed by atoms with Crippen molar-refractivity contribution in [1.82, 2.24) is 10.3 Å². The largest absolute Gasteiger partial charge is 0.478 e. The lowest BCUT2D eigenvalue weighted by molar-refractivity contribution is 0.0694. The number of carboxylic acids is 1. The summed E-state index contributed by atoms with van der Waals surface area (Å²) in [5.74, 6) is 0.307. The van der Waals surface area contributed by atoms with Crippen LogP contribution in [-0.2, 0) is 0 Å². The van der Waals surface area contributed by atoms with Crippen LogP contribution in [0.4, 0.5) is 0 Å². The van der Waals surface area contributed by atoms with E-state index in [2.05, 4.69) is 16.9 Å². The third kappa shape index (κ3) is 4.75. The van der Waals surface area contributed by atoms with Gasteiger partial charge in [-0.2, -0.15) is 11.8 Å². The molecule has 1 rings (SSSR count). The Hall–Kier alpha value is -1.82. The summed E-state index contributed by atoms with van der Waals surface area (Å²) in [5, 5.41) is 11.6. The number of thioether (sulfide) groups is 1. The standard InChI is InChI=1S/C13H16N2O3S/c1-3-7-19-8-6-14-12(16)11-5-4-10(13(17)18)9(2)15-11/h3-5H,1,6-8H2,2H3,(H,14,16)(H,17,18). The highest BCUT2D eigenvalue weighted by atomic mass is 32.2. The second kappa shape index (κ2) is 7.58. The van der Waals surface area contributed by atoms with Crippen LogP contribution in [0.2, 0.25) is 0 Å². The molecule has 1 heterocycles. The van der Waals surface area contributed by atoms with Crippen molar-refractivity contribution in [3.8, 4) is 0 Å². The minimum Gasteiger partial charge on any atom is -0.478 e. The highest BCUT2D eigenvalue weighted by Crippen LogP contribution is 2.07. The van der Waals surface area contributed by atoms with E-state index < -0.39 is 5.97 Å². The molecule has 0 spiro atoms. The first-order chi connectivity index (χ1) is 9.06. The predicted molar refractivity (Wildman–Crippen MR) is 75.8 cm³/mol. The Morgan fingerprint density at radius 3 is 2.84 bits per heavy atom. The summed E-state index contributed by atoms with van der Waals surface area (Å²) in [7, 11) is 0. The quantitative estimate of drug-likeness (QED) is 0.587. The summed E-state index contributed by atoms with van der Waals surface area (Å²) in [5.41, 5.74) is 0.676. The zero-order chi connectivity index (χ0) is 14.3. The molecule has 0 aromatic carbocycles. The maximum absolute atomic E-state index is 11.8. The van der Waals surface area contributed by atoms with E-state index in [1.165, 1.54) is 12.1 Å². The van der Waals surface area contributed by atoms with Gasteiger partial charge >= 0.3 is 5.97 Å². The Balaban J connectivity index is 2.55. The van der Waals surface area contributed by atoms with Crippen molar-refractivity contribution >= 4 is 23.6 Å². The summed E-state index contributed by atoms with van der Waals surface area (Å²) in [6.07, 6.45) is 1.81. The number of aromatic carboxylic acids is 1. The topological polar surface area (TPSA) is 79.3 Å². The van der Waals surface area contributed by atoms with Gasteiger partial charge in [0.15, 0.2) is 0 Å². The van der Waals surface area contributed by atoms with Crippen LogP contribution < -0.4 is 5.32 Å². The highest BCUT2D eigenvalue weighted by molar-refractivity contribution is 7.99. The van der Waals surface area contributed by atoms with Gasteiger partial charge in [0.05, 0.1) is 11.3 Å². The summed E-state index contributed by atoms with van der Waals surface area (Å²) >= 11 is 1.67. The third-order valence-corrected chi connectivity index (χ3v) is 3.28. The van der Waals surface area contributed by atoms with Gasteiger partial charge in [0.2, 0.25) is 0 Å². The monoisotopic (exact) mass is 280 g/mol. The maximum atomic E-state index is 11.8. The SMILES string of the molecule is C=CCSCCNC(=O)c1ccc(C(=O)O)c(C)n1.